The number of aryl methyl sites for hydroxylation is 1. The summed E-state index contributed by atoms with van der Waals surface area (Å²) < 4.78 is 24.5. The smallest absolute Gasteiger partial charge is 0.239 e. The van der Waals surface area contributed by atoms with E-state index < -0.39 is 21.5 Å². The highest BCUT2D eigenvalue weighted by atomic mass is 32.2. The highest BCUT2D eigenvalue weighted by molar-refractivity contribution is 7.92. The van der Waals surface area contributed by atoms with Crippen molar-refractivity contribution in [3.63, 3.8) is 0 Å². The normalized spacial score (nSPS) is 15.5. The van der Waals surface area contributed by atoms with Crippen LogP contribution in [0.3, 0.4) is 0 Å². The van der Waals surface area contributed by atoms with Gasteiger partial charge in [-0.1, -0.05) is 25.0 Å². The molecule has 0 spiro atoms. The first-order valence-corrected chi connectivity index (χ1v) is 10.6. The molecule has 1 aliphatic carbocycles. The van der Waals surface area contributed by atoms with Gasteiger partial charge in [-0.25, -0.2) is 13.4 Å². The van der Waals surface area contributed by atoms with Gasteiger partial charge in [0.15, 0.2) is 9.84 Å². The van der Waals surface area contributed by atoms with Gasteiger partial charge in [-0.3, -0.25) is 4.79 Å². The molecule has 2 aromatic rings. The monoisotopic (exact) mass is 364 g/mol. The Balaban J connectivity index is 1.68. The van der Waals surface area contributed by atoms with E-state index in [1.54, 1.807) is 17.4 Å². The second-order valence-electron chi connectivity index (χ2n) is 6.09. The van der Waals surface area contributed by atoms with E-state index in [0.717, 1.165) is 29.1 Å². The standard InChI is InChI=1S/C17H20N2O3S2/c1-12-18-16(10-23-12)13-5-4-6-14(9-13)19-17(20)11-24(21,22)15-7-2-3-8-15/h4-6,9-10,15H,2-3,7-8,11H2,1H3,(H,19,20). The molecule has 1 heterocycles. The molecule has 1 aromatic heterocycles. The van der Waals surface area contributed by atoms with Crippen LogP contribution in [0.5, 0.6) is 0 Å². The maximum atomic E-state index is 12.3. The molecule has 128 valence electrons. The summed E-state index contributed by atoms with van der Waals surface area (Å²) in [7, 11) is -3.36. The molecule has 1 N–H and O–H groups in total. The predicted molar refractivity (Wildman–Crippen MR) is 97.0 cm³/mol. The van der Waals surface area contributed by atoms with Crippen LogP contribution < -0.4 is 5.32 Å². The van der Waals surface area contributed by atoms with Crippen LogP contribution in [0.15, 0.2) is 29.6 Å². The fraction of sp³-hybridized carbons (Fsp3) is 0.412. The lowest BCUT2D eigenvalue weighted by Gasteiger charge is -2.11. The number of sulfone groups is 1. The van der Waals surface area contributed by atoms with E-state index in [2.05, 4.69) is 10.3 Å². The zero-order valence-electron chi connectivity index (χ0n) is 13.5. The van der Waals surface area contributed by atoms with Gasteiger partial charge in [0.05, 0.1) is 16.0 Å². The summed E-state index contributed by atoms with van der Waals surface area (Å²) in [5.41, 5.74) is 2.34. The van der Waals surface area contributed by atoms with Crippen LogP contribution in [-0.2, 0) is 14.6 Å². The summed E-state index contributed by atoms with van der Waals surface area (Å²) >= 11 is 1.56. The fourth-order valence-electron chi connectivity index (χ4n) is 3.00. The molecule has 0 saturated heterocycles. The zero-order valence-corrected chi connectivity index (χ0v) is 15.1. The second-order valence-corrected chi connectivity index (χ2v) is 9.44. The van der Waals surface area contributed by atoms with E-state index in [-0.39, 0.29) is 5.25 Å². The van der Waals surface area contributed by atoms with Gasteiger partial charge in [-0.15, -0.1) is 11.3 Å². The number of benzene rings is 1. The number of amides is 1. The average Bonchev–Trinajstić information content (AvgIpc) is 3.18. The first kappa shape index (κ1) is 17.1. The molecule has 0 radical (unpaired) electrons. The van der Waals surface area contributed by atoms with Crippen molar-refractivity contribution < 1.29 is 13.2 Å². The van der Waals surface area contributed by atoms with E-state index in [0.29, 0.717) is 18.5 Å². The SMILES string of the molecule is Cc1nc(-c2cccc(NC(=O)CS(=O)(=O)C3CCCC3)c2)cs1. The molecule has 5 nitrogen and oxygen atoms in total. The number of nitrogens with one attached hydrogen (secondary N) is 1. The minimum Gasteiger partial charge on any atom is -0.325 e. The summed E-state index contributed by atoms with van der Waals surface area (Å²) in [6, 6.07) is 7.31. The molecule has 1 fully saturated rings. The van der Waals surface area contributed by atoms with E-state index in [1.807, 2.05) is 30.5 Å². The molecule has 0 bridgehead atoms. The Labute approximate surface area is 146 Å². The maximum Gasteiger partial charge on any atom is 0.239 e. The highest BCUT2D eigenvalue weighted by Gasteiger charge is 2.30. The first-order valence-electron chi connectivity index (χ1n) is 7.98. The van der Waals surface area contributed by atoms with E-state index in [1.165, 1.54) is 0 Å². The van der Waals surface area contributed by atoms with E-state index in [4.69, 9.17) is 0 Å². The van der Waals surface area contributed by atoms with Gasteiger partial charge in [0.2, 0.25) is 5.91 Å². The van der Waals surface area contributed by atoms with Crippen molar-refractivity contribution in [1.29, 1.82) is 0 Å². The summed E-state index contributed by atoms with van der Waals surface area (Å²) in [4.78, 5) is 16.6. The molecule has 1 saturated carbocycles. The van der Waals surface area contributed by atoms with E-state index >= 15 is 0 Å². The number of anilines is 1. The van der Waals surface area contributed by atoms with Crippen molar-refractivity contribution in [3.8, 4) is 11.3 Å². The summed E-state index contributed by atoms with van der Waals surface area (Å²) in [5, 5.41) is 5.28. The van der Waals surface area contributed by atoms with Crippen molar-refractivity contribution in [2.45, 2.75) is 37.9 Å². The van der Waals surface area contributed by atoms with Crippen LogP contribution >= 0.6 is 11.3 Å². The van der Waals surface area contributed by atoms with Crippen LogP contribution in [0.25, 0.3) is 11.3 Å². The zero-order chi connectivity index (χ0) is 17.2. The van der Waals surface area contributed by atoms with Crippen LogP contribution in [-0.4, -0.2) is 30.3 Å². The third-order valence-electron chi connectivity index (χ3n) is 4.20. The Kier molecular flexibility index (Phi) is 5.01. The summed E-state index contributed by atoms with van der Waals surface area (Å²) in [6.45, 7) is 1.94. The summed E-state index contributed by atoms with van der Waals surface area (Å²) in [6.07, 6.45) is 3.21. The van der Waals surface area contributed by atoms with Gasteiger partial charge in [-0.05, 0) is 31.9 Å². The lowest BCUT2D eigenvalue weighted by molar-refractivity contribution is -0.113. The quantitative estimate of drug-likeness (QED) is 0.882. The van der Waals surface area contributed by atoms with Crippen LogP contribution in [0, 0.1) is 6.92 Å². The molecular formula is C17H20N2O3S2. The number of carbonyl (C=O) groups is 1. The fourth-order valence-corrected chi connectivity index (χ4v) is 5.34. The van der Waals surface area contributed by atoms with E-state index in [9.17, 15) is 13.2 Å². The topological polar surface area (TPSA) is 76.1 Å². The molecule has 1 aliphatic rings. The third kappa shape index (κ3) is 4.02. The van der Waals surface area contributed by atoms with Crippen LogP contribution in [0.4, 0.5) is 5.69 Å². The van der Waals surface area contributed by atoms with Crippen LogP contribution in [0.2, 0.25) is 0 Å². The minimum absolute atomic E-state index is 0.354. The molecule has 24 heavy (non-hydrogen) atoms. The Hall–Kier alpha value is -1.73. The Morgan fingerprint density at radius 1 is 1.33 bits per heavy atom. The number of aromatic nitrogens is 1. The van der Waals surface area contributed by atoms with Gasteiger partial charge in [0.25, 0.3) is 0 Å². The first-order chi connectivity index (χ1) is 11.4. The Morgan fingerprint density at radius 3 is 2.75 bits per heavy atom. The van der Waals surface area contributed by atoms with Crippen molar-refractivity contribution in [2.24, 2.45) is 0 Å². The number of thiazole rings is 1. The van der Waals surface area contributed by atoms with Gasteiger partial charge in [-0.2, -0.15) is 0 Å². The number of hydrogen-bond donors (Lipinski definition) is 1. The number of nitrogens with zero attached hydrogens (tertiary/aromatic N) is 1. The molecule has 1 amide bonds. The minimum atomic E-state index is -3.36. The summed E-state index contributed by atoms with van der Waals surface area (Å²) in [5.74, 6) is -0.925. The number of hydrogen-bond acceptors (Lipinski definition) is 5. The maximum absolute atomic E-state index is 12.3. The van der Waals surface area contributed by atoms with Gasteiger partial charge in [0.1, 0.15) is 5.75 Å². The predicted octanol–water partition coefficient (Wildman–Crippen LogP) is 3.41. The lowest BCUT2D eigenvalue weighted by atomic mass is 10.1. The molecule has 0 atom stereocenters. The van der Waals surface area contributed by atoms with Crippen molar-refractivity contribution >= 4 is 32.8 Å². The molecule has 1 aromatic carbocycles. The number of carbonyl (C=O) groups excluding carboxylic acids is 1. The molecule has 0 unspecified atom stereocenters. The average molecular weight is 364 g/mol. The second kappa shape index (κ2) is 7.03. The highest BCUT2D eigenvalue weighted by Crippen LogP contribution is 2.26. The van der Waals surface area contributed by atoms with Crippen molar-refractivity contribution in [1.82, 2.24) is 4.98 Å². The Morgan fingerprint density at radius 2 is 2.08 bits per heavy atom. The van der Waals surface area contributed by atoms with Crippen LogP contribution in [0.1, 0.15) is 30.7 Å². The van der Waals surface area contributed by atoms with Crippen molar-refractivity contribution in [3.05, 3.63) is 34.7 Å². The molecular weight excluding hydrogens is 344 g/mol. The molecule has 7 heteroatoms. The molecule has 3 rings (SSSR count). The van der Waals surface area contributed by atoms with Gasteiger partial charge in [0, 0.05) is 16.6 Å². The lowest BCUT2D eigenvalue weighted by Crippen LogP contribution is -2.29. The van der Waals surface area contributed by atoms with Crippen molar-refractivity contribution in [2.75, 3.05) is 11.1 Å². The third-order valence-corrected chi connectivity index (χ3v) is 7.13. The Bertz CT molecular complexity index is 837. The molecule has 0 aliphatic heterocycles. The number of rotatable bonds is 5. The van der Waals surface area contributed by atoms with Gasteiger partial charge < -0.3 is 5.32 Å². The van der Waals surface area contributed by atoms with Gasteiger partial charge >= 0.3 is 0 Å². The largest absolute Gasteiger partial charge is 0.325 e.